The van der Waals surface area contributed by atoms with Crippen molar-refractivity contribution in [3.8, 4) is 17.1 Å². The third-order valence-electron chi connectivity index (χ3n) is 5.66. The molecule has 0 saturated carbocycles. The Bertz CT molecular complexity index is 1520. The normalized spacial score (nSPS) is 12.4. The van der Waals surface area contributed by atoms with Gasteiger partial charge in [-0.1, -0.05) is 23.9 Å². The summed E-state index contributed by atoms with van der Waals surface area (Å²) in [6.07, 6.45) is 1.65. The second-order valence-electron chi connectivity index (χ2n) is 7.88. The quantitative estimate of drug-likeness (QED) is 0.305. The van der Waals surface area contributed by atoms with E-state index in [0.29, 0.717) is 28.7 Å². The monoisotopic (exact) mass is 493 g/mol. The lowest BCUT2D eigenvalue weighted by molar-refractivity contribution is 0.415. The van der Waals surface area contributed by atoms with Crippen LogP contribution in [-0.2, 0) is 6.54 Å². The predicted molar refractivity (Wildman–Crippen MR) is 134 cm³/mol. The number of nitrogens with zero attached hydrogens (tertiary/aromatic N) is 4. The molecule has 0 radical (unpaired) electrons. The van der Waals surface area contributed by atoms with Gasteiger partial charge in [0.2, 0.25) is 0 Å². The van der Waals surface area contributed by atoms with Crippen molar-refractivity contribution in [2.45, 2.75) is 37.7 Å². The first kappa shape index (κ1) is 22.4. The van der Waals surface area contributed by atoms with Crippen molar-refractivity contribution in [3.05, 3.63) is 75.0 Å². The van der Waals surface area contributed by atoms with Crippen LogP contribution in [0.1, 0.15) is 34.2 Å². The molecule has 1 N–H and O–H groups in total. The van der Waals surface area contributed by atoms with Gasteiger partial charge in [-0.05, 0) is 50.6 Å². The Kier molecular flexibility index (Phi) is 6.01. The zero-order chi connectivity index (χ0) is 23.8. The van der Waals surface area contributed by atoms with Crippen molar-refractivity contribution in [3.63, 3.8) is 0 Å². The maximum Gasteiger partial charge on any atom is 0.259 e. The van der Waals surface area contributed by atoms with Gasteiger partial charge in [0.25, 0.3) is 5.56 Å². The highest BCUT2D eigenvalue weighted by atomic mass is 32.2. The molecule has 0 aliphatic heterocycles. The lowest BCUT2D eigenvalue weighted by atomic mass is 10.2. The van der Waals surface area contributed by atoms with Crippen LogP contribution in [0.15, 0.2) is 57.0 Å². The van der Waals surface area contributed by atoms with E-state index in [9.17, 15) is 4.79 Å². The summed E-state index contributed by atoms with van der Waals surface area (Å²) < 4.78 is 13.0. The van der Waals surface area contributed by atoms with E-state index in [1.54, 1.807) is 24.7 Å². The Morgan fingerprint density at radius 2 is 2.09 bits per heavy atom. The minimum Gasteiger partial charge on any atom is -0.497 e. The van der Waals surface area contributed by atoms with Gasteiger partial charge in [-0.2, -0.15) is 0 Å². The molecule has 0 aliphatic rings. The summed E-state index contributed by atoms with van der Waals surface area (Å²) in [5.74, 6) is 2.84. The van der Waals surface area contributed by atoms with Gasteiger partial charge >= 0.3 is 0 Å². The highest BCUT2D eigenvalue weighted by Crippen LogP contribution is 2.36. The molecule has 0 aliphatic carbocycles. The average molecular weight is 494 g/mol. The molecule has 0 bridgehead atoms. The average Bonchev–Trinajstić information content (AvgIpc) is 3.55. The summed E-state index contributed by atoms with van der Waals surface area (Å²) in [4.78, 5) is 22.4. The van der Waals surface area contributed by atoms with Gasteiger partial charge in [0.05, 0.1) is 30.6 Å². The molecule has 0 amide bonds. The molecule has 1 atom stereocenters. The van der Waals surface area contributed by atoms with E-state index in [4.69, 9.17) is 14.1 Å². The molecular weight excluding hydrogens is 470 g/mol. The largest absolute Gasteiger partial charge is 0.497 e. The van der Waals surface area contributed by atoms with Crippen LogP contribution in [0.5, 0.6) is 5.75 Å². The van der Waals surface area contributed by atoms with E-state index in [0.717, 1.165) is 32.3 Å². The standard InChI is InChI=1S/C24H23N5O3S2/c1-13-14(2)33-23-19(13)22(30)25-20(26-23)15(3)34-24-28-27-21(16-7-5-8-17(11-16)31-4)29(24)12-18-9-6-10-32-18/h5-11,15H,12H2,1-4H3,(H,25,26,30). The summed E-state index contributed by atoms with van der Waals surface area (Å²) in [5.41, 5.74) is 1.76. The van der Waals surface area contributed by atoms with Gasteiger partial charge in [-0.15, -0.1) is 21.5 Å². The van der Waals surface area contributed by atoms with E-state index >= 15 is 0 Å². The molecule has 5 aromatic rings. The second kappa shape index (κ2) is 9.11. The van der Waals surface area contributed by atoms with Gasteiger partial charge in [0.1, 0.15) is 22.2 Å². The van der Waals surface area contributed by atoms with E-state index < -0.39 is 0 Å². The molecule has 0 spiro atoms. The van der Waals surface area contributed by atoms with Crippen molar-refractivity contribution in [1.29, 1.82) is 0 Å². The van der Waals surface area contributed by atoms with Gasteiger partial charge < -0.3 is 14.1 Å². The minimum atomic E-state index is -0.155. The van der Waals surface area contributed by atoms with Gasteiger partial charge in [-0.3, -0.25) is 9.36 Å². The molecule has 4 aromatic heterocycles. The number of hydrogen-bond acceptors (Lipinski definition) is 8. The number of H-pyrrole nitrogens is 1. The number of aromatic nitrogens is 5. The molecule has 174 valence electrons. The Labute approximate surface area is 204 Å². The van der Waals surface area contributed by atoms with Crippen LogP contribution >= 0.6 is 23.1 Å². The number of aryl methyl sites for hydroxylation is 2. The molecule has 5 rings (SSSR count). The second-order valence-corrected chi connectivity index (χ2v) is 10.4. The van der Waals surface area contributed by atoms with Crippen LogP contribution < -0.4 is 10.3 Å². The van der Waals surface area contributed by atoms with Crippen molar-refractivity contribution in [2.24, 2.45) is 0 Å². The van der Waals surface area contributed by atoms with Crippen molar-refractivity contribution < 1.29 is 9.15 Å². The predicted octanol–water partition coefficient (Wildman–Crippen LogP) is 5.36. The Hall–Kier alpha value is -3.37. The number of benzene rings is 1. The number of nitrogens with one attached hydrogen (secondary N) is 1. The fraction of sp³-hybridized carbons (Fsp3) is 0.250. The van der Waals surface area contributed by atoms with E-state index in [1.165, 1.54) is 11.8 Å². The number of thiophene rings is 1. The molecule has 1 aromatic carbocycles. The smallest absolute Gasteiger partial charge is 0.259 e. The highest BCUT2D eigenvalue weighted by molar-refractivity contribution is 7.99. The van der Waals surface area contributed by atoms with Crippen LogP contribution in [-0.4, -0.2) is 31.8 Å². The number of methoxy groups -OCH3 is 1. The molecular formula is C24H23N5O3S2. The molecule has 0 fully saturated rings. The first-order valence-corrected chi connectivity index (χ1v) is 12.4. The highest BCUT2D eigenvalue weighted by Gasteiger charge is 2.21. The number of aromatic amines is 1. The van der Waals surface area contributed by atoms with Gasteiger partial charge in [0, 0.05) is 10.4 Å². The van der Waals surface area contributed by atoms with Crippen LogP contribution in [0.25, 0.3) is 21.6 Å². The summed E-state index contributed by atoms with van der Waals surface area (Å²) >= 11 is 3.03. The Morgan fingerprint density at radius 3 is 2.85 bits per heavy atom. The third-order valence-corrected chi connectivity index (χ3v) is 7.85. The maximum absolute atomic E-state index is 12.8. The number of fused-ring (bicyclic) bond motifs is 1. The van der Waals surface area contributed by atoms with Crippen LogP contribution in [0.2, 0.25) is 0 Å². The minimum absolute atomic E-state index is 0.108. The van der Waals surface area contributed by atoms with Crippen LogP contribution in [0, 0.1) is 13.8 Å². The Morgan fingerprint density at radius 1 is 1.24 bits per heavy atom. The molecule has 10 heteroatoms. The lowest BCUT2D eigenvalue weighted by Gasteiger charge is -2.13. The zero-order valence-electron chi connectivity index (χ0n) is 19.2. The molecule has 1 unspecified atom stereocenters. The SMILES string of the molecule is COc1cccc(-c2nnc(SC(C)c3nc4sc(C)c(C)c4c(=O)[nH]3)n2Cc2ccco2)c1. The van der Waals surface area contributed by atoms with E-state index in [2.05, 4.69) is 15.2 Å². The fourth-order valence-electron chi connectivity index (χ4n) is 3.73. The lowest BCUT2D eigenvalue weighted by Crippen LogP contribution is -2.13. The first-order valence-electron chi connectivity index (χ1n) is 10.7. The molecule has 8 nitrogen and oxygen atoms in total. The zero-order valence-corrected chi connectivity index (χ0v) is 20.8. The van der Waals surface area contributed by atoms with Crippen LogP contribution in [0.4, 0.5) is 0 Å². The number of hydrogen-bond donors (Lipinski definition) is 1. The van der Waals surface area contributed by atoms with Crippen molar-refractivity contribution in [2.75, 3.05) is 7.11 Å². The van der Waals surface area contributed by atoms with Gasteiger partial charge in [0.15, 0.2) is 11.0 Å². The number of rotatable bonds is 7. The summed E-state index contributed by atoms with van der Waals surface area (Å²) in [5, 5.41) is 10.2. The summed E-state index contributed by atoms with van der Waals surface area (Å²) in [6.45, 7) is 6.43. The molecule has 0 saturated heterocycles. The van der Waals surface area contributed by atoms with E-state index in [-0.39, 0.29) is 10.8 Å². The Balaban J connectivity index is 1.52. The van der Waals surface area contributed by atoms with Crippen molar-refractivity contribution >= 4 is 33.3 Å². The fourth-order valence-corrected chi connectivity index (χ4v) is 5.67. The number of thioether (sulfide) groups is 1. The van der Waals surface area contributed by atoms with Crippen LogP contribution in [0.3, 0.4) is 0 Å². The number of furan rings is 1. The first-order chi connectivity index (χ1) is 16.4. The summed E-state index contributed by atoms with van der Waals surface area (Å²) in [6, 6.07) is 11.5. The third kappa shape index (κ3) is 4.14. The van der Waals surface area contributed by atoms with E-state index in [1.807, 2.05) is 61.7 Å². The summed E-state index contributed by atoms with van der Waals surface area (Å²) in [7, 11) is 1.64. The van der Waals surface area contributed by atoms with Gasteiger partial charge in [-0.25, -0.2) is 4.98 Å². The number of ether oxygens (including phenoxy) is 1. The topological polar surface area (TPSA) is 98.8 Å². The molecule has 34 heavy (non-hydrogen) atoms. The maximum atomic E-state index is 12.8. The molecule has 4 heterocycles. The van der Waals surface area contributed by atoms with Crippen molar-refractivity contribution in [1.82, 2.24) is 24.7 Å².